The second kappa shape index (κ2) is 6.09. The van der Waals surface area contributed by atoms with Crippen molar-refractivity contribution >= 4 is 5.97 Å². The molecular weight excluding hydrogens is 245 g/mol. The van der Waals surface area contributed by atoms with E-state index in [9.17, 15) is 9.18 Å². The molecule has 0 aliphatic carbocycles. The molecule has 0 aliphatic rings. The average molecular weight is 259 g/mol. The number of aryl methyl sites for hydroxylation is 2. The largest absolute Gasteiger partial charge is 0.478 e. The van der Waals surface area contributed by atoms with Crippen LogP contribution in [-0.2, 0) is 12.8 Å². The summed E-state index contributed by atoms with van der Waals surface area (Å²) in [6, 6.07) is 9.55. The third-order valence-electron chi connectivity index (χ3n) is 2.85. The van der Waals surface area contributed by atoms with Gasteiger partial charge in [0.15, 0.2) is 0 Å². The molecule has 4 heteroatoms. The number of hydrogen-bond donors (Lipinski definition) is 1. The number of aromatic nitrogens is 1. The normalized spacial score (nSPS) is 10.4. The Morgan fingerprint density at radius 3 is 2.79 bits per heavy atom. The van der Waals surface area contributed by atoms with Gasteiger partial charge in [0, 0.05) is 11.9 Å². The summed E-state index contributed by atoms with van der Waals surface area (Å²) in [7, 11) is 0. The van der Waals surface area contributed by atoms with Crippen LogP contribution in [-0.4, -0.2) is 16.1 Å². The van der Waals surface area contributed by atoms with Gasteiger partial charge >= 0.3 is 5.97 Å². The smallest absolute Gasteiger partial charge is 0.335 e. The van der Waals surface area contributed by atoms with Crippen molar-refractivity contribution in [2.45, 2.75) is 19.3 Å². The van der Waals surface area contributed by atoms with Crippen molar-refractivity contribution in [3.05, 3.63) is 65.2 Å². The summed E-state index contributed by atoms with van der Waals surface area (Å²) >= 11 is 0. The van der Waals surface area contributed by atoms with Gasteiger partial charge in [-0.2, -0.15) is 0 Å². The zero-order valence-corrected chi connectivity index (χ0v) is 10.3. The predicted octanol–water partition coefficient (Wildman–Crippen LogP) is 3.09. The van der Waals surface area contributed by atoms with Gasteiger partial charge in [0.2, 0.25) is 0 Å². The summed E-state index contributed by atoms with van der Waals surface area (Å²) in [4.78, 5) is 14.9. The molecule has 0 unspecified atom stereocenters. The molecule has 0 saturated heterocycles. The Bertz CT molecular complexity index is 584. The summed E-state index contributed by atoms with van der Waals surface area (Å²) in [5.74, 6) is -1.18. The first-order chi connectivity index (χ1) is 9.15. The Hall–Kier alpha value is -2.23. The van der Waals surface area contributed by atoms with E-state index in [2.05, 4.69) is 4.98 Å². The first-order valence-corrected chi connectivity index (χ1v) is 6.08. The molecular formula is C15H14FNO2. The molecule has 1 aromatic heterocycles. The number of carboxylic acids is 1. The first kappa shape index (κ1) is 13.2. The number of carbonyl (C=O) groups is 1. The molecule has 1 heterocycles. The maximum atomic E-state index is 13.0. The Kier molecular flexibility index (Phi) is 4.23. The van der Waals surface area contributed by atoms with Gasteiger partial charge in [-0.1, -0.05) is 12.1 Å². The van der Waals surface area contributed by atoms with Crippen LogP contribution >= 0.6 is 0 Å². The lowest BCUT2D eigenvalue weighted by Crippen LogP contribution is -2.00. The van der Waals surface area contributed by atoms with Crippen molar-refractivity contribution in [3.63, 3.8) is 0 Å². The van der Waals surface area contributed by atoms with Crippen LogP contribution in [0.2, 0.25) is 0 Å². The Balaban J connectivity index is 1.92. The number of rotatable bonds is 5. The Morgan fingerprint density at radius 1 is 1.21 bits per heavy atom. The van der Waals surface area contributed by atoms with E-state index in [4.69, 9.17) is 5.11 Å². The maximum absolute atomic E-state index is 13.0. The molecule has 0 atom stereocenters. The lowest BCUT2D eigenvalue weighted by atomic mass is 10.1. The lowest BCUT2D eigenvalue weighted by Gasteiger charge is -2.03. The number of hydrogen-bond acceptors (Lipinski definition) is 2. The topological polar surface area (TPSA) is 50.2 Å². The minimum Gasteiger partial charge on any atom is -0.478 e. The molecule has 3 nitrogen and oxygen atoms in total. The lowest BCUT2D eigenvalue weighted by molar-refractivity contribution is 0.0696. The highest BCUT2D eigenvalue weighted by molar-refractivity contribution is 5.87. The van der Waals surface area contributed by atoms with E-state index in [1.807, 2.05) is 6.07 Å². The van der Waals surface area contributed by atoms with Gasteiger partial charge in [0.25, 0.3) is 0 Å². The number of halogens is 1. The molecule has 0 fully saturated rings. The molecule has 0 aliphatic heterocycles. The zero-order chi connectivity index (χ0) is 13.7. The third-order valence-corrected chi connectivity index (χ3v) is 2.85. The van der Waals surface area contributed by atoms with E-state index in [0.29, 0.717) is 6.42 Å². The van der Waals surface area contributed by atoms with Crippen LogP contribution in [0.5, 0.6) is 0 Å². The standard InChI is InChI=1S/C15H14FNO2/c16-13-5-1-3-11(9-13)4-2-6-14-10-12(15(18)19)7-8-17-14/h1,3,5,7-10H,2,4,6H2,(H,18,19). The van der Waals surface area contributed by atoms with Gasteiger partial charge in [-0.15, -0.1) is 0 Å². The van der Waals surface area contributed by atoms with Crippen LogP contribution in [0.15, 0.2) is 42.6 Å². The summed E-state index contributed by atoms with van der Waals surface area (Å²) in [5, 5.41) is 8.87. The SMILES string of the molecule is O=C(O)c1ccnc(CCCc2cccc(F)c2)c1. The number of pyridine rings is 1. The van der Waals surface area contributed by atoms with Gasteiger partial charge in [0.05, 0.1) is 5.56 Å². The minimum atomic E-state index is -0.950. The fourth-order valence-electron chi connectivity index (χ4n) is 1.91. The Labute approximate surface area is 110 Å². The second-order valence-electron chi connectivity index (χ2n) is 4.32. The summed E-state index contributed by atoms with van der Waals surface area (Å²) in [5.41, 5.74) is 1.93. The molecule has 1 aromatic carbocycles. The van der Waals surface area contributed by atoms with Crippen LogP contribution in [0.3, 0.4) is 0 Å². The van der Waals surface area contributed by atoms with Crippen molar-refractivity contribution in [2.75, 3.05) is 0 Å². The van der Waals surface area contributed by atoms with Crippen LogP contribution in [0, 0.1) is 5.82 Å². The maximum Gasteiger partial charge on any atom is 0.335 e. The molecule has 98 valence electrons. The zero-order valence-electron chi connectivity index (χ0n) is 10.3. The van der Waals surface area contributed by atoms with Gasteiger partial charge in [-0.25, -0.2) is 9.18 Å². The molecule has 19 heavy (non-hydrogen) atoms. The van der Waals surface area contributed by atoms with E-state index in [1.54, 1.807) is 12.1 Å². The van der Waals surface area contributed by atoms with E-state index in [-0.39, 0.29) is 11.4 Å². The van der Waals surface area contributed by atoms with E-state index in [1.165, 1.54) is 24.4 Å². The summed E-state index contributed by atoms with van der Waals surface area (Å²) in [6.07, 6.45) is 3.73. The minimum absolute atomic E-state index is 0.233. The number of aromatic carboxylic acids is 1. The Morgan fingerprint density at radius 2 is 2.05 bits per heavy atom. The van der Waals surface area contributed by atoms with Crippen molar-refractivity contribution in [1.29, 1.82) is 0 Å². The highest BCUT2D eigenvalue weighted by Crippen LogP contribution is 2.10. The molecule has 2 aromatic rings. The van der Waals surface area contributed by atoms with Gasteiger partial charge in [-0.3, -0.25) is 4.98 Å². The van der Waals surface area contributed by atoms with Crippen LogP contribution in [0.1, 0.15) is 28.0 Å². The monoisotopic (exact) mass is 259 g/mol. The molecule has 0 radical (unpaired) electrons. The summed E-state index contributed by atoms with van der Waals surface area (Å²) < 4.78 is 13.0. The number of benzene rings is 1. The van der Waals surface area contributed by atoms with E-state index >= 15 is 0 Å². The highest BCUT2D eigenvalue weighted by atomic mass is 19.1. The van der Waals surface area contributed by atoms with E-state index in [0.717, 1.165) is 24.1 Å². The van der Waals surface area contributed by atoms with Crippen molar-refractivity contribution in [3.8, 4) is 0 Å². The van der Waals surface area contributed by atoms with E-state index < -0.39 is 5.97 Å². The molecule has 1 N–H and O–H groups in total. The van der Waals surface area contributed by atoms with Crippen LogP contribution in [0.4, 0.5) is 4.39 Å². The van der Waals surface area contributed by atoms with Crippen LogP contribution in [0.25, 0.3) is 0 Å². The predicted molar refractivity (Wildman–Crippen MR) is 69.6 cm³/mol. The second-order valence-corrected chi connectivity index (χ2v) is 4.32. The molecule has 0 bridgehead atoms. The average Bonchev–Trinajstić information content (AvgIpc) is 2.39. The quantitative estimate of drug-likeness (QED) is 0.897. The molecule has 2 rings (SSSR count). The number of nitrogens with zero attached hydrogens (tertiary/aromatic N) is 1. The van der Waals surface area contributed by atoms with Gasteiger partial charge in [0.1, 0.15) is 5.82 Å². The van der Waals surface area contributed by atoms with Crippen molar-refractivity contribution < 1.29 is 14.3 Å². The number of carboxylic acid groups (broad SMARTS) is 1. The molecule has 0 spiro atoms. The highest BCUT2D eigenvalue weighted by Gasteiger charge is 2.04. The van der Waals surface area contributed by atoms with Gasteiger partial charge in [-0.05, 0) is 49.1 Å². The third kappa shape index (κ3) is 3.88. The van der Waals surface area contributed by atoms with Crippen molar-refractivity contribution in [2.24, 2.45) is 0 Å². The fraction of sp³-hybridized carbons (Fsp3) is 0.200. The molecule has 0 saturated carbocycles. The first-order valence-electron chi connectivity index (χ1n) is 6.08. The van der Waals surface area contributed by atoms with Crippen LogP contribution < -0.4 is 0 Å². The van der Waals surface area contributed by atoms with Gasteiger partial charge < -0.3 is 5.11 Å². The summed E-state index contributed by atoms with van der Waals surface area (Å²) in [6.45, 7) is 0. The van der Waals surface area contributed by atoms with Crippen molar-refractivity contribution in [1.82, 2.24) is 4.98 Å². The molecule has 0 amide bonds. The fourth-order valence-corrected chi connectivity index (χ4v) is 1.91.